The van der Waals surface area contributed by atoms with Crippen molar-refractivity contribution in [2.24, 2.45) is 0 Å². The first-order valence-electron chi connectivity index (χ1n) is 4.57. The number of rotatable bonds is 5. The average molecular weight is 241 g/mol. The highest BCUT2D eigenvalue weighted by Crippen LogP contribution is 2.08. The summed E-state index contributed by atoms with van der Waals surface area (Å²) < 4.78 is 4.30. The van der Waals surface area contributed by atoms with Crippen LogP contribution in [0.4, 0.5) is 0 Å². The lowest BCUT2D eigenvalue weighted by Gasteiger charge is -2.07. The molecule has 0 saturated heterocycles. The summed E-state index contributed by atoms with van der Waals surface area (Å²) in [6.07, 6.45) is 0. The molecule has 17 heavy (non-hydrogen) atoms. The summed E-state index contributed by atoms with van der Waals surface area (Å²) in [5.74, 6) is -1.74. The fourth-order valence-electron chi connectivity index (χ4n) is 1.15. The standard InChI is InChI=1S/C10H11NO6/c1-16-10(13)9(12)8-4-2-3-7(5-8)6-17-11(14)15/h2-5,14-15H,6H2,1H3. The average Bonchev–Trinajstić information content (AvgIpc) is 2.34. The number of hydrogen-bond donors (Lipinski definition) is 2. The van der Waals surface area contributed by atoms with Gasteiger partial charge in [-0.2, -0.15) is 0 Å². The van der Waals surface area contributed by atoms with Crippen LogP contribution in [-0.2, 0) is 21.0 Å². The van der Waals surface area contributed by atoms with Crippen molar-refractivity contribution in [2.75, 3.05) is 7.11 Å². The molecule has 0 fully saturated rings. The van der Waals surface area contributed by atoms with Gasteiger partial charge in [0.1, 0.15) is 0 Å². The summed E-state index contributed by atoms with van der Waals surface area (Å²) in [6.45, 7) is -0.157. The van der Waals surface area contributed by atoms with Gasteiger partial charge in [0.25, 0.3) is 5.78 Å². The van der Waals surface area contributed by atoms with E-state index in [1.165, 1.54) is 18.2 Å². The molecule has 2 N–H and O–H groups in total. The first-order valence-corrected chi connectivity index (χ1v) is 4.57. The summed E-state index contributed by atoms with van der Waals surface area (Å²) in [4.78, 5) is 26.8. The number of esters is 1. The fraction of sp³-hybridized carbons (Fsp3) is 0.200. The molecule has 0 aliphatic heterocycles. The van der Waals surface area contributed by atoms with Crippen LogP contribution in [0.15, 0.2) is 24.3 Å². The van der Waals surface area contributed by atoms with Crippen LogP contribution in [0.3, 0.4) is 0 Å². The van der Waals surface area contributed by atoms with Gasteiger partial charge < -0.3 is 4.74 Å². The number of carbonyl (C=O) groups excluding carboxylic acids is 2. The number of ketones is 1. The van der Waals surface area contributed by atoms with Gasteiger partial charge in [0.05, 0.1) is 19.1 Å². The van der Waals surface area contributed by atoms with Crippen LogP contribution in [-0.4, -0.2) is 34.7 Å². The number of carbonyl (C=O) groups is 2. The van der Waals surface area contributed by atoms with Gasteiger partial charge in [0, 0.05) is 5.56 Å². The number of methoxy groups -OCH3 is 1. The summed E-state index contributed by atoms with van der Waals surface area (Å²) in [7, 11) is 1.11. The monoisotopic (exact) mass is 241 g/mol. The van der Waals surface area contributed by atoms with Gasteiger partial charge in [-0.15, -0.1) is 0 Å². The van der Waals surface area contributed by atoms with Crippen LogP contribution in [0, 0.1) is 0 Å². The zero-order valence-electron chi connectivity index (χ0n) is 8.99. The van der Waals surface area contributed by atoms with E-state index in [1.807, 2.05) is 0 Å². The van der Waals surface area contributed by atoms with Crippen molar-refractivity contribution in [2.45, 2.75) is 6.61 Å². The van der Waals surface area contributed by atoms with E-state index >= 15 is 0 Å². The highest BCUT2D eigenvalue weighted by Gasteiger charge is 2.16. The molecule has 0 aliphatic carbocycles. The van der Waals surface area contributed by atoms with Gasteiger partial charge in [0.2, 0.25) is 0 Å². The maximum atomic E-state index is 11.4. The fourth-order valence-corrected chi connectivity index (χ4v) is 1.15. The van der Waals surface area contributed by atoms with Crippen molar-refractivity contribution in [1.82, 2.24) is 5.39 Å². The molecule has 1 rings (SSSR count). The smallest absolute Gasteiger partial charge is 0.379 e. The Kier molecular flexibility index (Phi) is 4.73. The number of benzene rings is 1. The van der Waals surface area contributed by atoms with Gasteiger partial charge in [0.15, 0.2) is 0 Å². The third kappa shape index (κ3) is 3.93. The Morgan fingerprint density at radius 3 is 2.65 bits per heavy atom. The molecule has 0 aromatic heterocycles. The van der Waals surface area contributed by atoms with Gasteiger partial charge in [-0.1, -0.05) is 18.2 Å². The molecule has 7 heteroatoms. The Balaban J connectivity index is 2.78. The largest absolute Gasteiger partial charge is 0.463 e. The van der Waals surface area contributed by atoms with Crippen molar-refractivity contribution in [1.29, 1.82) is 0 Å². The van der Waals surface area contributed by atoms with Gasteiger partial charge in [-0.3, -0.25) is 15.2 Å². The van der Waals surface area contributed by atoms with Crippen LogP contribution in [0.25, 0.3) is 0 Å². The summed E-state index contributed by atoms with van der Waals surface area (Å²) in [5, 5.41) is 16.3. The molecule has 1 aromatic carbocycles. The third-order valence-electron chi connectivity index (χ3n) is 1.91. The summed E-state index contributed by atoms with van der Waals surface area (Å²) in [6, 6.07) is 5.96. The quantitative estimate of drug-likeness (QED) is 0.336. The Labute approximate surface area is 96.7 Å². The van der Waals surface area contributed by atoms with Crippen LogP contribution in [0.1, 0.15) is 15.9 Å². The summed E-state index contributed by atoms with van der Waals surface area (Å²) >= 11 is 0. The third-order valence-corrected chi connectivity index (χ3v) is 1.91. The van der Waals surface area contributed by atoms with E-state index in [-0.39, 0.29) is 12.2 Å². The first kappa shape index (κ1) is 13.3. The van der Waals surface area contributed by atoms with Crippen LogP contribution >= 0.6 is 0 Å². The number of ether oxygens (including phenoxy) is 1. The van der Waals surface area contributed by atoms with E-state index in [1.54, 1.807) is 6.07 Å². The maximum Gasteiger partial charge on any atom is 0.379 e. The van der Waals surface area contributed by atoms with Crippen LogP contribution in [0.5, 0.6) is 0 Å². The molecule has 0 spiro atoms. The predicted molar refractivity (Wildman–Crippen MR) is 53.0 cm³/mol. The number of nitrogens with zero attached hydrogens (tertiary/aromatic N) is 1. The van der Waals surface area contributed by atoms with Crippen LogP contribution < -0.4 is 0 Å². The van der Waals surface area contributed by atoms with Crippen molar-refractivity contribution in [3.05, 3.63) is 35.4 Å². The van der Waals surface area contributed by atoms with E-state index in [0.29, 0.717) is 5.56 Å². The van der Waals surface area contributed by atoms with E-state index in [2.05, 4.69) is 9.57 Å². The van der Waals surface area contributed by atoms with Crippen molar-refractivity contribution < 1.29 is 29.6 Å². The molecule has 92 valence electrons. The zero-order valence-corrected chi connectivity index (χ0v) is 8.99. The lowest BCUT2D eigenvalue weighted by molar-refractivity contribution is -0.497. The Morgan fingerprint density at radius 2 is 2.06 bits per heavy atom. The maximum absolute atomic E-state index is 11.4. The second kappa shape index (κ2) is 6.06. The second-order valence-corrected chi connectivity index (χ2v) is 3.05. The molecular weight excluding hydrogens is 230 g/mol. The molecule has 0 atom stereocenters. The second-order valence-electron chi connectivity index (χ2n) is 3.05. The van der Waals surface area contributed by atoms with Gasteiger partial charge in [-0.05, 0) is 11.6 Å². The molecule has 0 amide bonds. The van der Waals surface area contributed by atoms with Crippen molar-refractivity contribution in [3.8, 4) is 0 Å². The molecular formula is C10H11NO6. The first-order chi connectivity index (χ1) is 8.04. The molecule has 0 unspecified atom stereocenters. The van der Waals surface area contributed by atoms with Gasteiger partial charge in [-0.25, -0.2) is 9.63 Å². The Morgan fingerprint density at radius 1 is 1.35 bits per heavy atom. The Hall–Kier alpha value is -1.80. The van der Waals surface area contributed by atoms with Gasteiger partial charge >= 0.3 is 5.97 Å². The lowest BCUT2D eigenvalue weighted by Crippen LogP contribution is -2.16. The Bertz CT molecular complexity index is 417. The number of hydrogen-bond acceptors (Lipinski definition) is 7. The zero-order chi connectivity index (χ0) is 12.8. The van der Waals surface area contributed by atoms with Crippen molar-refractivity contribution >= 4 is 11.8 Å². The summed E-state index contributed by atoms with van der Waals surface area (Å²) in [5.41, 5.74) is 0.633. The minimum absolute atomic E-state index is 0.139. The number of Topliss-reactive ketones (excluding diaryl/α,β-unsaturated/α-hetero) is 1. The molecule has 0 saturated carbocycles. The van der Waals surface area contributed by atoms with E-state index < -0.39 is 17.1 Å². The minimum atomic E-state index is -0.964. The molecule has 1 aromatic rings. The normalized spacial score (nSPS) is 10.4. The van der Waals surface area contributed by atoms with Crippen LogP contribution in [0.2, 0.25) is 0 Å². The SMILES string of the molecule is COC(=O)C(=O)c1cccc(CON(O)O)c1. The lowest BCUT2D eigenvalue weighted by atomic mass is 10.1. The van der Waals surface area contributed by atoms with E-state index in [4.69, 9.17) is 10.4 Å². The van der Waals surface area contributed by atoms with E-state index in [0.717, 1.165) is 7.11 Å². The molecule has 0 bridgehead atoms. The van der Waals surface area contributed by atoms with Crippen molar-refractivity contribution in [3.63, 3.8) is 0 Å². The minimum Gasteiger partial charge on any atom is -0.463 e. The molecule has 0 aliphatic rings. The van der Waals surface area contributed by atoms with E-state index in [9.17, 15) is 9.59 Å². The highest BCUT2D eigenvalue weighted by molar-refractivity contribution is 6.40. The topological polar surface area (TPSA) is 96.3 Å². The molecule has 0 radical (unpaired) electrons. The predicted octanol–water partition coefficient (Wildman–Crippen LogP) is 0.554. The molecule has 7 nitrogen and oxygen atoms in total. The molecule has 0 heterocycles. The highest BCUT2D eigenvalue weighted by atomic mass is 17.1.